The first-order valence-corrected chi connectivity index (χ1v) is 6.13. The van der Waals surface area contributed by atoms with E-state index in [1.807, 2.05) is 25.1 Å². The number of hydrogen-bond acceptors (Lipinski definition) is 2. The van der Waals surface area contributed by atoms with Crippen molar-refractivity contribution in [2.24, 2.45) is 0 Å². The summed E-state index contributed by atoms with van der Waals surface area (Å²) in [5, 5.41) is 13.3. The van der Waals surface area contributed by atoms with Crippen molar-refractivity contribution in [1.29, 1.82) is 0 Å². The van der Waals surface area contributed by atoms with Crippen LogP contribution in [-0.4, -0.2) is 17.7 Å². The molecule has 1 aromatic carbocycles. The molecule has 2 rings (SSSR count). The molecule has 0 spiro atoms. The lowest BCUT2D eigenvalue weighted by atomic mass is 10.1. The van der Waals surface area contributed by atoms with Crippen LogP contribution in [-0.2, 0) is 0 Å². The van der Waals surface area contributed by atoms with Gasteiger partial charge in [-0.3, -0.25) is 0 Å². The highest BCUT2D eigenvalue weighted by Crippen LogP contribution is 2.25. The molecule has 1 fully saturated rings. The van der Waals surface area contributed by atoms with Gasteiger partial charge in [-0.15, -0.1) is 0 Å². The molecule has 15 heavy (non-hydrogen) atoms. The predicted molar refractivity (Wildman–Crippen MR) is 64.9 cm³/mol. The molecule has 1 unspecified atom stereocenters. The first kappa shape index (κ1) is 11.1. The normalized spacial score (nSPS) is 17.8. The Morgan fingerprint density at radius 3 is 2.87 bits per heavy atom. The van der Waals surface area contributed by atoms with Crippen LogP contribution in [0.3, 0.4) is 0 Å². The molecule has 0 heterocycles. The third-order valence-corrected chi connectivity index (χ3v) is 3.38. The van der Waals surface area contributed by atoms with E-state index >= 15 is 0 Å². The minimum Gasteiger partial charge on any atom is -0.387 e. The molecule has 0 radical (unpaired) electrons. The van der Waals surface area contributed by atoms with Gasteiger partial charge in [0.25, 0.3) is 0 Å². The Morgan fingerprint density at radius 2 is 2.27 bits per heavy atom. The van der Waals surface area contributed by atoms with Crippen molar-refractivity contribution in [3.05, 3.63) is 33.8 Å². The van der Waals surface area contributed by atoms with Gasteiger partial charge in [0.15, 0.2) is 0 Å². The molecular formula is C12H16BrNO. The minimum atomic E-state index is -0.416. The highest BCUT2D eigenvalue weighted by molar-refractivity contribution is 9.10. The van der Waals surface area contributed by atoms with Gasteiger partial charge in [0.1, 0.15) is 0 Å². The molecule has 2 N–H and O–H groups in total. The molecule has 1 atom stereocenters. The second-order valence-electron chi connectivity index (χ2n) is 4.22. The Morgan fingerprint density at radius 1 is 1.53 bits per heavy atom. The van der Waals surface area contributed by atoms with Crippen LogP contribution in [0.1, 0.15) is 30.1 Å². The van der Waals surface area contributed by atoms with Gasteiger partial charge in [-0.1, -0.05) is 28.1 Å². The number of aliphatic hydroxyl groups excluding tert-OH is 1. The Kier molecular flexibility index (Phi) is 3.44. The topological polar surface area (TPSA) is 32.3 Å². The molecule has 0 aromatic heterocycles. The zero-order chi connectivity index (χ0) is 10.8. The average Bonchev–Trinajstić information content (AvgIpc) is 2.97. The van der Waals surface area contributed by atoms with E-state index in [1.165, 1.54) is 18.4 Å². The number of aliphatic hydroxyl groups is 1. The van der Waals surface area contributed by atoms with Crippen LogP contribution in [0.5, 0.6) is 0 Å². The summed E-state index contributed by atoms with van der Waals surface area (Å²) in [5.74, 6) is 0. The molecule has 1 aliphatic rings. The quantitative estimate of drug-likeness (QED) is 0.881. The second kappa shape index (κ2) is 4.64. The summed E-state index contributed by atoms with van der Waals surface area (Å²) in [5.41, 5.74) is 2.17. The number of nitrogens with one attached hydrogen (secondary N) is 1. The van der Waals surface area contributed by atoms with E-state index < -0.39 is 6.10 Å². The third kappa shape index (κ3) is 3.03. The van der Waals surface area contributed by atoms with Crippen molar-refractivity contribution in [2.45, 2.75) is 31.9 Å². The highest BCUT2D eigenvalue weighted by Gasteiger charge is 2.22. The van der Waals surface area contributed by atoms with Crippen LogP contribution in [0, 0.1) is 6.92 Å². The molecule has 82 valence electrons. The lowest BCUT2D eigenvalue weighted by molar-refractivity contribution is 0.173. The van der Waals surface area contributed by atoms with Crippen molar-refractivity contribution >= 4 is 15.9 Å². The number of aryl methyl sites for hydroxylation is 1. The van der Waals surface area contributed by atoms with Gasteiger partial charge in [0.2, 0.25) is 0 Å². The first-order valence-electron chi connectivity index (χ1n) is 5.34. The van der Waals surface area contributed by atoms with Crippen LogP contribution >= 0.6 is 15.9 Å². The molecule has 2 nitrogen and oxygen atoms in total. The van der Waals surface area contributed by atoms with Crippen LogP contribution in [0.25, 0.3) is 0 Å². The van der Waals surface area contributed by atoms with Crippen LogP contribution in [0.4, 0.5) is 0 Å². The monoisotopic (exact) mass is 269 g/mol. The van der Waals surface area contributed by atoms with Crippen LogP contribution in [0.15, 0.2) is 22.7 Å². The summed E-state index contributed by atoms with van der Waals surface area (Å²) < 4.78 is 0.993. The van der Waals surface area contributed by atoms with E-state index in [9.17, 15) is 5.11 Å². The van der Waals surface area contributed by atoms with E-state index in [2.05, 4.69) is 21.2 Å². The Hall–Kier alpha value is -0.380. The number of hydrogen-bond donors (Lipinski definition) is 2. The highest BCUT2D eigenvalue weighted by atomic mass is 79.9. The van der Waals surface area contributed by atoms with Crippen molar-refractivity contribution in [3.63, 3.8) is 0 Å². The van der Waals surface area contributed by atoms with Crippen molar-refractivity contribution < 1.29 is 5.11 Å². The van der Waals surface area contributed by atoms with E-state index in [1.54, 1.807) is 0 Å². The SMILES string of the molecule is Cc1ccc(C(O)CNC2CC2)c(Br)c1. The summed E-state index contributed by atoms with van der Waals surface area (Å²) in [4.78, 5) is 0. The fourth-order valence-corrected chi connectivity index (χ4v) is 2.34. The van der Waals surface area contributed by atoms with E-state index in [4.69, 9.17) is 0 Å². The molecule has 3 heteroatoms. The molecule has 1 aromatic rings. The van der Waals surface area contributed by atoms with Gasteiger partial charge in [-0.2, -0.15) is 0 Å². The van der Waals surface area contributed by atoms with Gasteiger partial charge in [0, 0.05) is 17.1 Å². The molecule has 0 bridgehead atoms. The standard InChI is InChI=1S/C12H16BrNO/c1-8-2-5-10(11(13)6-8)12(15)7-14-9-3-4-9/h2,5-6,9,12,14-15H,3-4,7H2,1H3. The zero-order valence-electron chi connectivity index (χ0n) is 8.83. The molecular weight excluding hydrogens is 254 g/mol. The number of benzene rings is 1. The minimum absolute atomic E-state index is 0.416. The maximum Gasteiger partial charge on any atom is 0.0925 e. The van der Waals surface area contributed by atoms with Crippen LogP contribution in [0.2, 0.25) is 0 Å². The predicted octanol–water partition coefficient (Wildman–Crippen LogP) is 2.54. The van der Waals surface area contributed by atoms with Gasteiger partial charge in [-0.25, -0.2) is 0 Å². The number of halogens is 1. The first-order chi connectivity index (χ1) is 7.16. The summed E-state index contributed by atoms with van der Waals surface area (Å²) in [7, 11) is 0. The van der Waals surface area contributed by atoms with E-state index in [0.717, 1.165) is 10.0 Å². The Labute approximate surface area is 98.8 Å². The van der Waals surface area contributed by atoms with Gasteiger partial charge in [0.05, 0.1) is 6.10 Å². The molecule has 0 saturated heterocycles. The maximum absolute atomic E-state index is 9.98. The second-order valence-corrected chi connectivity index (χ2v) is 5.08. The Bertz CT molecular complexity index is 349. The Balaban J connectivity index is 1.99. The smallest absolute Gasteiger partial charge is 0.0925 e. The summed E-state index contributed by atoms with van der Waals surface area (Å²) >= 11 is 3.48. The van der Waals surface area contributed by atoms with E-state index in [0.29, 0.717) is 12.6 Å². The summed E-state index contributed by atoms with van der Waals surface area (Å²) in [6.45, 7) is 2.69. The van der Waals surface area contributed by atoms with Gasteiger partial charge in [-0.05, 0) is 37.0 Å². The van der Waals surface area contributed by atoms with Gasteiger partial charge >= 0.3 is 0 Å². The third-order valence-electron chi connectivity index (χ3n) is 2.69. The molecule has 1 saturated carbocycles. The zero-order valence-corrected chi connectivity index (χ0v) is 10.4. The molecule has 0 amide bonds. The summed E-state index contributed by atoms with van der Waals surface area (Å²) in [6, 6.07) is 6.69. The fourth-order valence-electron chi connectivity index (χ4n) is 1.58. The van der Waals surface area contributed by atoms with E-state index in [-0.39, 0.29) is 0 Å². The van der Waals surface area contributed by atoms with Crippen LogP contribution < -0.4 is 5.32 Å². The summed E-state index contributed by atoms with van der Waals surface area (Å²) in [6.07, 6.45) is 2.09. The molecule has 1 aliphatic carbocycles. The lowest BCUT2D eigenvalue weighted by Gasteiger charge is -2.14. The average molecular weight is 270 g/mol. The fraction of sp³-hybridized carbons (Fsp3) is 0.500. The number of rotatable bonds is 4. The lowest BCUT2D eigenvalue weighted by Crippen LogP contribution is -2.23. The largest absolute Gasteiger partial charge is 0.387 e. The molecule has 0 aliphatic heterocycles. The van der Waals surface area contributed by atoms with Crippen molar-refractivity contribution in [1.82, 2.24) is 5.32 Å². The van der Waals surface area contributed by atoms with Crippen molar-refractivity contribution in [3.8, 4) is 0 Å². The van der Waals surface area contributed by atoms with Gasteiger partial charge < -0.3 is 10.4 Å². The van der Waals surface area contributed by atoms with Crippen molar-refractivity contribution in [2.75, 3.05) is 6.54 Å². The maximum atomic E-state index is 9.98.